The highest BCUT2D eigenvalue weighted by molar-refractivity contribution is 6.30. The van der Waals surface area contributed by atoms with Crippen molar-refractivity contribution < 1.29 is 18.8 Å². The van der Waals surface area contributed by atoms with Crippen LogP contribution in [-0.2, 0) is 14.4 Å². The van der Waals surface area contributed by atoms with E-state index in [2.05, 4.69) is 5.32 Å². The smallest absolute Gasteiger partial charge is 0.247 e. The zero-order valence-electron chi connectivity index (χ0n) is 18.3. The Morgan fingerprint density at radius 3 is 2.43 bits per heavy atom. The van der Waals surface area contributed by atoms with Crippen LogP contribution in [0.15, 0.2) is 78.9 Å². The number of imide groups is 1. The fraction of sp³-hybridized carbons (Fsp3) is 0.148. The molecule has 3 aliphatic heterocycles. The summed E-state index contributed by atoms with van der Waals surface area (Å²) in [6.07, 6.45) is 3.78. The number of nitrogens with zero attached hydrogens (tertiary/aromatic N) is 2. The van der Waals surface area contributed by atoms with Gasteiger partial charge in [0.25, 0.3) is 0 Å². The summed E-state index contributed by atoms with van der Waals surface area (Å²) in [5.74, 6) is -3.62. The lowest BCUT2D eigenvalue weighted by Gasteiger charge is -2.36. The second-order valence-corrected chi connectivity index (χ2v) is 9.24. The second-order valence-electron chi connectivity index (χ2n) is 8.80. The second kappa shape index (κ2) is 8.06. The first-order valence-corrected chi connectivity index (χ1v) is 11.6. The number of carbonyl (C=O) groups excluding carboxylic acids is 3. The molecule has 35 heavy (non-hydrogen) atoms. The van der Waals surface area contributed by atoms with Crippen molar-refractivity contribution in [1.29, 1.82) is 0 Å². The van der Waals surface area contributed by atoms with Gasteiger partial charge >= 0.3 is 0 Å². The van der Waals surface area contributed by atoms with Gasteiger partial charge in [0.15, 0.2) is 0 Å². The van der Waals surface area contributed by atoms with Gasteiger partial charge in [-0.3, -0.25) is 14.4 Å². The van der Waals surface area contributed by atoms with Gasteiger partial charge < -0.3 is 10.2 Å². The summed E-state index contributed by atoms with van der Waals surface area (Å²) in [6, 6.07) is 18.2. The van der Waals surface area contributed by atoms with Crippen molar-refractivity contribution >= 4 is 52.5 Å². The Morgan fingerprint density at radius 1 is 0.914 bits per heavy atom. The average Bonchev–Trinajstić information content (AvgIpc) is 3.33. The Hall–Kier alpha value is -3.97. The number of hydrogen-bond acceptors (Lipinski definition) is 4. The number of hydrogen-bond donors (Lipinski definition) is 1. The molecule has 6 rings (SSSR count). The Labute approximate surface area is 205 Å². The van der Waals surface area contributed by atoms with Gasteiger partial charge in [-0.25, -0.2) is 9.29 Å². The summed E-state index contributed by atoms with van der Waals surface area (Å²) in [5, 5.41) is 3.41. The van der Waals surface area contributed by atoms with Crippen molar-refractivity contribution in [2.24, 2.45) is 11.8 Å². The zero-order chi connectivity index (χ0) is 24.3. The Balaban J connectivity index is 1.44. The van der Waals surface area contributed by atoms with Gasteiger partial charge in [-0.2, -0.15) is 0 Å². The molecule has 3 amide bonds. The Morgan fingerprint density at radius 2 is 1.66 bits per heavy atom. The third kappa shape index (κ3) is 3.34. The molecule has 3 aliphatic rings. The molecule has 0 bridgehead atoms. The minimum absolute atomic E-state index is 0.165. The van der Waals surface area contributed by atoms with Gasteiger partial charge in [0, 0.05) is 16.4 Å². The van der Waals surface area contributed by atoms with Crippen molar-refractivity contribution in [1.82, 2.24) is 0 Å². The molecule has 0 radical (unpaired) electrons. The summed E-state index contributed by atoms with van der Waals surface area (Å²) >= 11 is 5.97. The maximum atomic E-state index is 13.9. The lowest BCUT2D eigenvalue weighted by Crippen LogP contribution is -2.50. The van der Waals surface area contributed by atoms with E-state index in [1.54, 1.807) is 24.3 Å². The van der Waals surface area contributed by atoms with Crippen LogP contribution in [0.25, 0.3) is 6.08 Å². The van der Waals surface area contributed by atoms with Crippen LogP contribution in [-0.4, -0.2) is 29.8 Å². The molecule has 3 aromatic rings. The van der Waals surface area contributed by atoms with Crippen LogP contribution in [0, 0.1) is 17.7 Å². The maximum absolute atomic E-state index is 13.9. The molecule has 174 valence electrons. The van der Waals surface area contributed by atoms with Gasteiger partial charge in [0.05, 0.1) is 23.6 Å². The third-order valence-corrected chi connectivity index (χ3v) is 7.11. The molecule has 0 aromatic heterocycles. The SMILES string of the molecule is O=C(Nc1ccc(Cl)cc1)[C@@H]1[C@@H]2C(=O)N(c3cccc(F)c3)C(=O)[C@@H]2[C@H]2C=Cc3ccccc3N21. The first kappa shape index (κ1) is 21.6. The molecule has 4 atom stereocenters. The van der Waals surface area contributed by atoms with Crippen LogP contribution < -0.4 is 15.1 Å². The minimum Gasteiger partial charge on any atom is -0.351 e. The van der Waals surface area contributed by atoms with E-state index >= 15 is 0 Å². The largest absolute Gasteiger partial charge is 0.351 e. The van der Waals surface area contributed by atoms with Crippen LogP contribution in [0.4, 0.5) is 21.5 Å². The van der Waals surface area contributed by atoms with E-state index in [0.717, 1.165) is 22.2 Å². The minimum atomic E-state index is -0.943. The van der Waals surface area contributed by atoms with Crippen LogP contribution in [0.5, 0.6) is 0 Å². The number of anilines is 3. The van der Waals surface area contributed by atoms with E-state index < -0.39 is 47.5 Å². The number of halogens is 2. The van der Waals surface area contributed by atoms with Crippen LogP contribution in [0.1, 0.15) is 5.56 Å². The van der Waals surface area contributed by atoms with E-state index in [9.17, 15) is 18.8 Å². The molecule has 6 nitrogen and oxygen atoms in total. The van der Waals surface area contributed by atoms with Crippen LogP contribution in [0.2, 0.25) is 5.02 Å². The molecular weight excluding hydrogens is 469 g/mol. The van der Waals surface area contributed by atoms with Crippen molar-refractivity contribution in [2.75, 3.05) is 15.1 Å². The lowest BCUT2D eigenvalue weighted by molar-refractivity contribution is -0.126. The number of nitrogens with one attached hydrogen (secondary N) is 1. The van der Waals surface area contributed by atoms with Gasteiger partial charge in [0.2, 0.25) is 17.7 Å². The number of fused-ring (bicyclic) bond motifs is 5. The molecule has 0 aliphatic carbocycles. The molecule has 0 spiro atoms. The van der Waals surface area contributed by atoms with E-state index in [-0.39, 0.29) is 5.69 Å². The van der Waals surface area contributed by atoms with Crippen molar-refractivity contribution in [2.45, 2.75) is 12.1 Å². The van der Waals surface area contributed by atoms with Gasteiger partial charge in [-0.1, -0.05) is 48.0 Å². The van der Waals surface area contributed by atoms with Gasteiger partial charge in [-0.15, -0.1) is 0 Å². The molecule has 2 saturated heterocycles. The monoisotopic (exact) mass is 487 g/mol. The summed E-state index contributed by atoms with van der Waals surface area (Å²) in [4.78, 5) is 43.9. The number of para-hydroxylation sites is 1. The fourth-order valence-electron chi connectivity index (χ4n) is 5.43. The Bertz CT molecular complexity index is 1410. The Kier molecular flexibility index (Phi) is 4.96. The normalized spacial score (nSPS) is 24.3. The molecule has 0 saturated carbocycles. The third-order valence-electron chi connectivity index (χ3n) is 6.86. The van der Waals surface area contributed by atoms with Gasteiger partial charge in [-0.05, 0) is 54.1 Å². The number of benzene rings is 3. The average molecular weight is 488 g/mol. The van der Waals surface area contributed by atoms with Crippen LogP contribution in [0.3, 0.4) is 0 Å². The molecular formula is C27H19ClFN3O3. The predicted octanol–water partition coefficient (Wildman–Crippen LogP) is 4.51. The van der Waals surface area contributed by atoms with Crippen LogP contribution >= 0.6 is 11.6 Å². The summed E-state index contributed by atoms with van der Waals surface area (Å²) in [6.45, 7) is 0. The molecule has 2 fully saturated rings. The van der Waals surface area contributed by atoms with Crippen molar-refractivity contribution in [3.63, 3.8) is 0 Å². The highest BCUT2D eigenvalue weighted by Crippen LogP contribution is 2.49. The summed E-state index contributed by atoms with van der Waals surface area (Å²) < 4.78 is 13.9. The predicted molar refractivity (Wildman–Crippen MR) is 131 cm³/mol. The number of rotatable bonds is 3. The van der Waals surface area contributed by atoms with E-state index in [4.69, 9.17) is 11.6 Å². The molecule has 1 N–H and O–H groups in total. The zero-order valence-corrected chi connectivity index (χ0v) is 19.0. The standard InChI is InChI=1S/C27H19ClFN3O3/c28-16-9-11-18(12-10-16)30-25(33)24-23-22(21-13-8-15-4-1-2-7-20(15)32(21)24)26(34)31(27(23)35)19-6-3-5-17(29)14-19/h1-14,21-24H,(H,30,33)/t21-,22-,23-,24+/m1/s1. The highest BCUT2D eigenvalue weighted by atomic mass is 35.5. The van der Waals surface area contributed by atoms with Crippen molar-refractivity contribution in [3.8, 4) is 0 Å². The lowest BCUT2D eigenvalue weighted by atomic mass is 9.88. The number of amides is 3. The summed E-state index contributed by atoms with van der Waals surface area (Å²) in [7, 11) is 0. The number of carbonyl (C=O) groups is 3. The molecule has 0 unspecified atom stereocenters. The van der Waals surface area contributed by atoms with E-state index in [1.165, 1.54) is 18.2 Å². The molecule has 8 heteroatoms. The summed E-state index contributed by atoms with van der Waals surface area (Å²) in [5.41, 5.74) is 2.37. The fourth-order valence-corrected chi connectivity index (χ4v) is 5.56. The van der Waals surface area contributed by atoms with E-state index in [0.29, 0.717) is 10.7 Å². The van der Waals surface area contributed by atoms with Gasteiger partial charge in [0.1, 0.15) is 11.9 Å². The topological polar surface area (TPSA) is 69.7 Å². The highest BCUT2D eigenvalue weighted by Gasteiger charge is 2.64. The van der Waals surface area contributed by atoms with Crippen molar-refractivity contribution in [3.05, 3.63) is 95.3 Å². The quantitative estimate of drug-likeness (QED) is 0.552. The first-order chi connectivity index (χ1) is 16.9. The first-order valence-electron chi connectivity index (χ1n) is 11.2. The molecule has 3 heterocycles. The molecule has 3 aromatic carbocycles. The van der Waals surface area contributed by atoms with E-state index in [1.807, 2.05) is 41.3 Å². The maximum Gasteiger partial charge on any atom is 0.247 e.